The van der Waals surface area contributed by atoms with Gasteiger partial charge in [-0.25, -0.2) is 4.39 Å². The third-order valence-corrected chi connectivity index (χ3v) is 5.68. The van der Waals surface area contributed by atoms with Crippen molar-refractivity contribution in [3.8, 4) is 11.5 Å². The zero-order valence-corrected chi connectivity index (χ0v) is 18.4. The van der Waals surface area contributed by atoms with Crippen molar-refractivity contribution in [3.63, 3.8) is 0 Å². The minimum absolute atomic E-state index is 0.0145. The number of rotatable bonds is 7. The molecule has 31 heavy (non-hydrogen) atoms. The summed E-state index contributed by atoms with van der Waals surface area (Å²) >= 11 is 0. The lowest BCUT2D eigenvalue weighted by atomic mass is 9.87. The first kappa shape index (κ1) is 22.6. The van der Waals surface area contributed by atoms with Gasteiger partial charge in [0.1, 0.15) is 5.82 Å². The standard InChI is InChI=1S/C24H29FN2O4/c1-15(2)24(29)27-13-19(18-6-5-7-21(30-3)22(18)31-4)20(14-27)23(28)26-12-16-8-10-17(25)11-9-16/h5-11,15,19-20H,12-14H2,1-4H3,(H,26,28)/t19-,20-/m0/s1. The summed E-state index contributed by atoms with van der Waals surface area (Å²) in [5, 5.41) is 2.94. The highest BCUT2D eigenvalue weighted by Crippen LogP contribution is 2.42. The van der Waals surface area contributed by atoms with E-state index >= 15 is 0 Å². The minimum atomic E-state index is -0.441. The largest absolute Gasteiger partial charge is 0.493 e. The highest BCUT2D eigenvalue weighted by atomic mass is 19.1. The number of para-hydroxylation sites is 1. The quantitative estimate of drug-likeness (QED) is 0.734. The number of methoxy groups -OCH3 is 2. The van der Waals surface area contributed by atoms with Gasteiger partial charge in [0.05, 0.1) is 20.1 Å². The van der Waals surface area contributed by atoms with Gasteiger partial charge in [0.15, 0.2) is 11.5 Å². The summed E-state index contributed by atoms with van der Waals surface area (Å²) in [5.41, 5.74) is 1.64. The number of likely N-dealkylation sites (tertiary alicyclic amines) is 1. The summed E-state index contributed by atoms with van der Waals surface area (Å²) in [6.07, 6.45) is 0. The fourth-order valence-corrected chi connectivity index (χ4v) is 4.06. The third-order valence-electron chi connectivity index (χ3n) is 5.68. The lowest BCUT2D eigenvalue weighted by Gasteiger charge is -2.21. The Labute approximate surface area is 182 Å². The maximum Gasteiger partial charge on any atom is 0.225 e. The molecule has 0 radical (unpaired) electrons. The maximum atomic E-state index is 13.2. The van der Waals surface area contributed by atoms with E-state index in [2.05, 4.69) is 5.32 Å². The molecule has 1 saturated heterocycles. The third kappa shape index (κ3) is 4.98. The molecule has 1 N–H and O–H groups in total. The van der Waals surface area contributed by atoms with Crippen LogP contribution in [0.25, 0.3) is 0 Å². The number of nitrogens with zero attached hydrogens (tertiary/aromatic N) is 1. The average molecular weight is 429 g/mol. The van der Waals surface area contributed by atoms with Gasteiger partial charge >= 0.3 is 0 Å². The molecule has 1 aliphatic rings. The normalized spacial score (nSPS) is 18.2. The van der Waals surface area contributed by atoms with Crippen LogP contribution in [0.2, 0.25) is 0 Å². The van der Waals surface area contributed by atoms with Crippen LogP contribution in [0.3, 0.4) is 0 Å². The molecular weight excluding hydrogens is 399 g/mol. The van der Waals surface area contributed by atoms with E-state index in [1.807, 2.05) is 26.0 Å². The van der Waals surface area contributed by atoms with Crippen LogP contribution >= 0.6 is 0 Å². The molecule has 1 heterocycles. The molecule has 0 bridgehead atoms. The Hall–Kier alpha value is -3.09. The molecule has 2 aromatic rings. The van der Waals surface area contributed by atoms with E-state index in [0.29, 0.717) is 24.6 Å². The van der Waals surface area contributed by atoms with Gasteiger partial charge in [-0.15, -0.1) is 0 Å². The zero-order valence-electron chi connectivity index (χ0n) is 18.4. The van der Waals surface area contributed by atoms with Gasteiger partial charge in [-0.1, -0.05) is 38.1 Å². The van der Waals surface area contributed by atoms with E-state index in [1.54, 1.807) is 37.3 Å². The monoisotopic (exact) mass is 428 g/mol. The Morgan fingerprint density at radius 2 is 1.81 bits per heavy atom. The van der Waals surface area contributed by atoms with Crippen LogP contribution in [-0.2, 0) is 16.1 Å². The van der Waals surface area contributed by atoms with Crippen LogP contribution in [0.4, 0.5) is 4.39 Å². The first-order chi connectivity index (χ1) is 14.8. The lowest BCUT2D eigenvalue weighted by molar-refractivity contribution is -0.133. The number of ether oxygens (including phenoxy) is 2. The van der Waals surface area contributed by atoms with Crippen molar-refractivity contribution in [1.29, 1.82) is 0 Å². The summed E-state index contributed by atoms with van der Waals surface area (Å²) in [6, 6.07) is 11.6. The topological polar surface area (TPSA) is 67.9 Å². The number of nitrogens with one attached hydrogen (secondary N) is 1. The van der Waals surface area contributed by atoms with Gasteiger partial charge in [-0.2, -0.15) is 0 Å². The Morgan fingerprint density at radius 3 is 2.42 bits per heavy atom. The molecule has 166 valence electrons. The Kier molecular flexibility index (Phi) is 7.15. The highest BCUT2D eigenvalue weighted by molar-refractivity contribution is 5.84. The predicted octanol–water partition coefficient (Wildman–Crippen LogP) is 3.36. The van der Waals surface area contributed by atoms with Crippen molar-refractivity contribution in [1.82, 2.24) is 10.2 Å². The Balaban J connectivity index is 1.86. The van der Waals surface area contributed by atoms with E-state index in [-0.39, 0.29) is 36.0 Å². The van der Waals surface area contributed by atoms with Crippen molar-refractivity contribution in [2.45, 2.75) is 26.3 Å². The molecule has 2 amide bonds. The van der Waals surface area contributed by atoms with E-state index in [1.165, 1.54) is 12.1 Å². The van der Waals surface area contributed by atoms with E-state index in [9.17, 15) is 14.0 Å². The number of amides is 2. The second kappa shape index (κ2) is 9.81. The molecule has 0 spiro atoms. The number of carbonyl (C=O) groups excluding carboxylic acids is 2. The van der Waals surface area contributed by atoms with Crippen molar-refractivity contribution in [2.24, 2.45) is 11.8 Å². The molecule has 6 nitrogen and oxygen atoms in total. The molecule has 0 unspecified atom stereocenters. The molecule has 0 saturated carbocycles. The van der Waals surface area contributed by atoms with Crippen LogP contribution < -0.4 is 14.8 Å². The summed E-state index contributed by atoms with van der Waals surface area (Å²) in [5.74, 6) is -0.138. The van der Waals surface area contributed by atoms with E-state index in [4.69, 9.17) is 9.47 Å². The molecule has 2 atom stereocenters. The second-order valence-corrected chi connectivity index (χ2v) is 8.04. The van der Waals surface area contributed by atoms with Gasteiger partial charge in [0.2, 0.25) is 11.8 Å². The van der Waals surface area contributed by atoms with Crippen molar-refractivity contribution in [2.75, 3.05) is 27.3 Å². The SMILES string of the molecule is COc1cccc([C@@H]2CN(C(=O)C(C)C)C[C@@H]2C(=O)NCc2ccc(F)cc2)c1OC. The van der Waals surface area contributed by atoms with Crippen LogP contribution in [0, 0.1) is 17.7 Å². The highest BCUT2D eigenvalue weighted by Gasteiger charge is 2.42. The van der Waals surface area contributed by atoms with Crippen molar-refractivity contribution >= 4 is 11.8 Å². The summed E-state index contributed by atoms with van der Waals surface area (Å²) in [6.45, 7) is 4.75. The van der Waals surface area contributed by atoms with Gasteiger partial charge in [-0.3, -0.25) is 9.59 Å². The molecule has 1 fully saturated rings. The van der Waals surface area contributed by atoms with Crippen LogP contribution in [-0.4, -0.2) is 44.0 Å². The minimum Gasteiger partial charge on any atom is -0.493 e. The number of halogens is 1. The fraction of sp³-hybridized carbons (Fsp3) is 0.417. The zero-order chi connectivity index (χ0) is 22.5. The number of carbonyl (C=O) groups is 2. The summed E-state index contributed by atoms with van der Waals surface area (Å²) in [4.78, 5) is 27.6. The number of benzene rings is 2. The molecule has 2 aromatic carbocycles. The fourth-order valence-electron chi connectivity index (χ4n) is 4.06. The average Bonchev–Trinajstić information content (AvgIpc) is 3.22. The van der Waals surface area contributed by atoms with Gasteiger partial charge < -0.3 is 19.7 Å². The maximum absolute atomic E-state index is 13.2. The first-order valence-corrected chi connectivity index (χ1v) is 10.4. The molecule has 0 aliphatic carbocycles. The van der Waals surface area contributed by atoms with Crippen molar-refractivity contribution < 1.29 is 23.5 Å². The van der Waals surface area contributed by atoms with Gasteiger partial charge in [-0.05, 0) is 23.8 Å². The number of hydrogen-bond donors (Lipinski definition) is 1. The van der Waals surface area contributed by atoms with Gasteiger partial charge in [0, 0.05) is 37.0 Å². The van der Waals surface area contributed by atoms with E-state index in [0.717, 1.165) is 11.1 Å². The molecule has 3 rings (SSSR count). The van der Waals surface area contributed by atoms with E-state index < -0.39 is 5.92 Å². The van der Waals surface area contributed by atoms with Crippen LogP contribution in [0.1, 0.15) is 30.9 Å². The van der Waals surface area contributed by atoms with Crippen LogP contribution in [0.15, 0.2) is 42.5 Å². The first-order valence-electron chi connectivity index (χ1n) is 10.4. The summed E-state index contributed by atoms with van der Waals surface area (Å²) < 4.78 is 24.2. The number of hydrogen-bond acceptors (Lipinski definition) is 4. The van der Waals surface area contributed by atoms with Crippen LogP contribution in [0.5, 0.6) is 11.5 Å². The van der Waals surface area contributed by atoms with Crippen molar-refractivity contribution in [3.05, 3.63) is 59.4 Å². The predicted molar refractivity (Wildman–Crippen MR) is 115 cm³/mol. The smallest absolute Gasteiger partial charge is 0.225 e. The Morgan fingerprint density at radius 1 is 1.10 bits per heavy atom. The Bertz CT molecular complexity index is 930. The molecular formula is C24H29FN2O4. The lowest BCUT2D eigenvalue weighted by Crippen LogP contribution is -2.36. The summed E-state index contributed by atoms with van der Waals surface area (Å²) in [7, 11) is 3.13. The molecule has 0 aromatic heterocycles. The molecule has 7 heteroatoms. The second-order valence-electron chi connectivity index (χ2n) is 8.04. The van der Waals surface area contributed by atoms with Gasteiger partial charge in [0.25, 0.3) is 0 Å². The molecule has 1 aliphatic heterocycles.